The quantitative estimate of drug-likeness (QED) is 0.490. The SMILES string of the molecule is CC(=N)/C(=C\NCC1(C#N)CC1)Nc1ncc2cc(Cl)c(C3CCN(C4COC4)CC3)cc2n1. The van der Waals surface area contributed by atoms with E-state index in [0.717, 1.165) is 73.5 Å². The zero-order valence-electron chi connectivity index (χ0n) is 19.4. The maximum atomic E-state index is 9.25. The Bertz CT molecular complexity index is 1160. The van der Waals surface area contributed by atoms with Gasteiger partial charge in [-0.15, -0.1) is 0 Å². The zero-order chi connectivity index (χ0) is 23.7. The second-order valence-electron chi connectivity index (χ2n) is 9.71. The monoisotopic (exact) mass is 479 g/mol. The first-order valence-electron chi connectivity index (χ1n) is 11.9. The van der Waals surface area contributed by atoms with Crippen molar-refractivity contribution in [3.63, 3.8) is 0 Å². The molecule has 8 nitrogen and oxygen atoms in total. The predicted molar refractivity (Wildman–Crippen MR) is 133 cm³/mol. The molecule has 0 amide bonds. The van der Waals surface area contributed by atoms with Crippen molar-refractivity contribution in [3.8, 4) is 6.07 Å². The summed E-state index contributed by atoms with van der Waals surface area (Å²) in [4.78, 5) is 11.7. The second kappa shape index (κ2) is 9.49. The molecule has 34 heavy (non-hydrogen) atoms. The van der Waals surface area contributed by atoms with Gasteiger partial charge in [-0.25, -0.2) is 9.97 Å². The molecule has 1 aliphatic carbocycles. The van der Waals surface area contributed by atoms with Crippen molar-refractivity contribution in [2.45, 2.75) is 44.6 Å². The van der Waals surface area contributed by atoms with Crippen LogP contribution in [0.25, 0.3) is 10.9 Å². The van der Waals surface area contributed by atoms with Crippen molar-refractivity contribution in [2.75, 3.05) is 38.2 Å². The standard InChI is InChI=1S/C25H30ClN7O/c1-16(28)23(11-29-15-25(14-27)4-5-25)32-24-30-10-18-8-21(26)20(9-22(18)31-24)17-2-6-33(7-3-17)19-12-34-13-19/h8-11,17,19,28-29H,2-7,12-13,15H2,1H3,(H,30,31,32)/b23-11+,28-16?. The number of fused-ring (bicyclic) bond motifs is 1. The van der Waals surface area contributed by atoms with Crippen LogP contribution in [0.4, 0.5) is 5.95 Å². The fourth-order valence-corrected chi connectivity index (χ4v) is 4.96. The molecule has 2 saturated heterocycles. The van der Waals surface area contributed by atoms with Gasteiger partial charge in [0.15, 0.2) is 0 Å². The number of hydrogen-bond acceptors (Lipinski definition) is 8. The number of nitrogens with zero attached hydrogens (tertiary/aromatic N) is 4. The number of rotatable bonds is 8. The van der Waals surface area contributed by atoms with E-state index in [1.54, 1.807) is 19.3 Å². The van der Waals surface area contributed by atoms with Gasteiger partial charge in [0, 0.05) is 29.4 Å². The second-order valence-corrected chi connectivity index (χ2v) is 10.1. The molecule has 0 bridgehead atoms. The third-order valence-electron chi connectivity index (χ3n) is 7.23. The highest BCUT2D eigenvalue weighted by atomic mass is 35.5. The van der Waals surface area contributed by atoms with Crippen molar-refractivity contribution in [2.24, 2.45) is 5.41 Å². The molecule has 0 unspecified atom stereocenters. The van der Waals surface area contributed by atoms with E-state index in [2.05, 4.69) is 32.7 Å². The lowest BCUT2D eigenvalue weighted by atomic mass is 9.88. The summed E-state index contributed by atoms with van der Waals surface area (Å²) in [5.74, 6) is 0.848. The number of hydrogen-bond donors (Lipinski definition) is 3. The van der Waals surface area contributed by atoms with Gasteiger partial charge in [-0.05, 0) is 69.3 Å². The number of aromatic nitrogens is 2. The molecule has 1 saturated carbocycles. The summed E-state index contributed by atoms with van der Waals surface area (Å²) >= 11 is 6.68. The average Bonchev–Trinajstić information content (AvgIpc) is 3.58. The third-order valence-corrected chi connectivity index (χ3v) is 7.56. The van der Waals surface area contributed by atoms with Crippen LogP contribution >= 0.6 is 11.6 Å². The van der Waals surface area contributed by atoms with Gasteiger partial charge in [0.2, 0.25) is 5.95 Å². The number of halogens is 1. The number of ether oxygens (including phenoxy) is 1. The van der Waals surface area contributed by atoms with Gasteiger partial charge in [0.1, 0.15) is 0 Å². The molecule has 0 spiro atoms. The molecule has 3 aliphatic rings. The first-order chi connectivity index (χ1) is 16.5. The van der Waals surface area contributed by atoms with Gasteiger partial charge in [-0.1, -0.05) is 11.6 Å². The molecule has 9 heteroatoms. The number of nitriles is 1. The minimum Gasteiger partial charge on any atom is -0.388 e. The molecule has 3 heterocycles. The highest BCUT2D eigenvalue weighted by Gasteiger charge is 2.42. The summed E-state index contributed by atoms with van der Waals surface area (Å²) in [5, 5.41) is 25.4. The van der Waals surface area contributed by atoms with E-state index in [9.17, 15) is 5.26 Å². The van der Waals surface area contributed by atoms with Gasteiger partial charge in [0.05, 0.1) is 47.7 Å². The van der Waals surface area contributed by atoms with Gasteiger partial charge >= 0.3 is 0 Å². The molecule has 0 atom stereocenters. The van der Waals surface area contributed by atoms with E-state index in [1.807, 2.05) is 6.07 Å². The molecule has 0 radical (unpaired) electrons. The molecular weight excluding hydrogens is 450 g/mol. The molecule has 2 aromatic rings. The first kappa shape index (κ1) is 23.0. The van der Waals surface area contributed by atoms with E-state index < -0.39 is 0 Å². The Balaban J connectivity index is 1.30. The van der Waals surface area contributed by atoms with Crippen molar-refractivity contribution in [1.29, 1.82) is 10.7 Å². The Morgan fingerprint density at radius 1 is 1.35 bits per heavy atom. The summed E-state index contributed by atoms with van der Waals surface area (Å²) in [5.41, 5.74) is 2.67. The lowest BCUT2D eigenvalue weighted by Crippen LogP contribution is -2.51. The Hall–Kier alpha value is -2.73. The summed E-state index contributed by atoms with van der Waals surface area (Å²) in [6.07, 6.45) is 7.49. The van der Waals surface area contributed by atoms with E-state index in [-0.39, 0.29) is 5.41 Å². The number of anilines is 1. The largest absolute Gasteiger partial charge is 0.388 e. The highest BCUT2D eigenvalue weighted by Crippen LogP contribution is 2.44. The van der Waals surface area contributed by atoms with Crippen molar-refractivity contribution in [3.05, 3.63) is 40.8 Å². The van der Waals surface area contributed by atoms with Gasteiger partial charge in [-0.2, -0.15) is 5.26 Å². The summed E-state index contributed by atoms with van der Waals surface area (Å²) in [7, 11) is 0. The summed E-state index contributed by atoms with van der Waals surface area (Å²) in [6, 6.07) is 7.00. The van der Waals surface area contributed by atoms with Gasteiger partial charge < -0.3 is 20.8 Å². The van der Waals surface area contributed by atoms with Crippen molar-refractivity contribution < 1.29 is 4.74 Å². The van der Waals surface area contributed by atoms with Gasteiger partial charge in [-0.3, -0.25) is 4.90 Å². The summed E-state index contributed by atoms with van der Waals surface area (Å²) in [6.45, 7) is 6.13. The van der Waals surface area contributed by atoms with Crippen LogP contribution < -0.4 is 10.6 Å². The zero-order valence-corrected chi connectivity index (χ0v) is 20.2. The number of likely N-dealkylation sites (tertiary alicyclic amines) is 1. The fraction of sp³-hybridized carbons (Fsp3) is 0.520. The Labute approximate surface area is 204 Å². The van der Waals surface area contributed by atoms with E-state index in [4.69, 9.17) is 26.7 Å². The van der Waals surface area contributed by atoms with E-state index >= 15 is 0 Å². The van der Waals surface area contributed by atoms with Crippen molar-refractivity contribution >= 4 is 34.2 Å². The Morgan fingerprint density at radius 2 is 2.12 bits per heavy atom. The van der Waals surface area contributed by atoms with Crippen molar-refractivity contribution in [1.82, 2.24) is 20.2 Å². The fourth-order valence-electron chi connectivity index (χ4n) is 4.64. The lowest BCUT2D eigenvalue weighted by molar-refractivity contribution is -0.0712. The lowest BCUT2D eigenvalue weighted by Gasteiger charge is -2.41. The molecular formula is C25H30ClN7O. The summed E-state index contributed by atoms with van der Waals surface area (Å²) < 4.78 is 5.35. The minimum absolute atomic E-state index is 0.255. The van der Waals surface area contributed by atoms with Crippen LogP contribution in [0.5, 0.6) is 0 Å². The van der Waals surface area contributed by atoms with E-state index in [1.165, 1.54) is 0 Å². The first-order valence-corrected chi connectivity index (χ1v) is 12.3. The maximum Gasteiger partial charge on any atom is 0.227 e. The average molecular weight is 480 g/mol. The Kier molecular flexibility index (Phi) is 6.43. The number of allylic oxidation sites excluding steroid dienone is 1. The molecule has 1 aromatic carbocycles. The predicted octanol–water partition coefficient (Wildman–Crippen LogP) is 4.05. The minimum atomic E-state index is -0.255. The van der Waals surface area contributed by atoms with Crippen LogP contribution in [-0.4, -0.2) is 59.5 Å². The number of benzene rings is 1. The third kappa shape index (κ3) is 4.88. The number of nitrogens with one attached hydrogen (secondary N) is 3. The van der Waals surface area contributed by atoms with Crippen LogP contribution in [0.1, 0.15) is 44.1 Å². The van der Waals surface area contributed by atoms with Crippen LogP contribution in [0.3, 0.4) is 0 Å². The van der Waals surface area contributed by atoms with Crippen LogP contribution in [0.2, 0.25) is 5.02 Å². The molecule has 1 aromatic heterocycles. The molecule has 5 rings (SSSR count). The highest BCUT2D eigenvalue weighted by molar-refractivity contribution is 6.32. The molecule has 2 aliphatic heterocycles. The normalized spacial score (nSPS) is 21.0. The molecule has 3 fully saturated rings. The maximum absolute atomic E-state index is 9.25. The van der Waals surface area contributed by atoms with Crippen LogP contribution in [-0.2, 0) is 4.74 Å². The molecule has 178 valence electrons. The topological polar surface area (TPSA) is 110 Å². The molecule has 3 N–H and O–H groups in total. The smallest absolute Gasteiger partial charge is 0.227 e. The van der Waals surface area contributed by atoms with Gasteiger partial charge in [0.25, 0.3) is 0 Å². The van der Waals surface area contributed by atoms with Crippen LogP contribution in [0, 0.1) is 22.2 Å². The van der Waals surface area contributed by atoms with E-state index in [0.29, 0.717) is 35.9 Å². The van der Waals surface area contributed by atoms with Crippen LogP contribution in [0.15, 0.2) is 30.2 Å². The number of piperidine rings is 1. The Morgan fingerprint density at radius 3 is 2.74 bits per heavy atom.